The standard InChI is InChI=1S/C10H9FO2S/c11-9-4-3-8(10(12)13)6-7(9)2-1-5-14/h1-4,6,14H,5H2,(H,12,13). The SMILES string of the molecule is O=C(O)c1ccc(F)c(C=CCS)c1. The van der Waals surface area contributed by atoms with Gasteiger partial charge in [0.1, 0.15) is 5.82 Å². The summed E-state index contributed by atoms with van der Waals surface area (Å²) in [7, 11) is 0. The van der Waals surface area contributed by atoms with Crippen LogP contribution >= 0.6 is 12.6 Å². The highest BCUT2D eigenvalue weighted by Crippen LogP contribution is 2.12. The predicted molar refractivity (Wildman–Crippen MR) is 56.2 cm³/mol. The minimum atomic E-state index is -1.06. The second-order valence-electron chi connectivity index (χ2n) is 2.63. The van der Waals surface area contributed by atoms with Gasteiger partial charge < -0.3 is 5.11 Å². The molecule has 1 aromatic carbocycles. The third kappa shape index (κ3) is 2.60. The first-order chi connectivity index (χ1) is 6.65. The van der Waals surface area contributed by atoms with Gasteiger partial charge >= 0.3 is 5.97 Å². The fourth-order valence-corrected chi connectivity index (χ4v) is 1.09. The Balaban J connectivity index is 3.08. The molecular weight excluding hydrogens is 203 g/mol. The van der Waals surface area contributed by atoms with Crippen molar-refractivity contribution in [2.24, 2.45) is 0 Å². The molecule has 1 aromatic rings. The number of halogens is 1. The highest BCUT2D eigenvalue weighted by atomic mass is 32.1. The summed E-state index contributed by atoms with van der Waals surface area (Å²) in [6, 6.07) is 3.66. The Labute approximate surface area is 86.5 Å². The fraction of sp³-hybridized carbons (Fsp3) is 0.100. The van der Waals surface area contributed by atoms with Gasteiger partial charge in [-0.3, -0.25) is 0 Å². The van der Waals surface area contributed by atoms with Crippen molar-refractivity contribution in [3.8, 4) is 0 Å². The summed E-state index contributed by atoms with van der Waals surface area (Å²) >= 11 is 3.93. The van der Waals surface area contributed by atoms with Crippen molar-refractivity contribution < 1.29 is 14.3 Å². The third-order valence-corrected chi connectivity index (χ3v) is 1.86. The molecule has 0 aliphatic carbocycles. The molecule has 0 fully saturated rings. The van der Waals surface area contributed by atoms with E-state index in [9.17, 15) is 9.18 Å². The largest absolute Gasteiger partial charge is 0.478 e. The maximum atomic E-state index is 13.1. The van der Waals surface area contributed by atoms with Gasteiger partial charge in [0.05, 0.1) is 5.56 Å². The second-order valence-corrected chi connectivity index (χ2v) is 2.99. The maximum Gasteiger partial charge on any atom is 0.335 e. The van der Waals surface area contributed by atoms with E-state index in [4.69, 9.17) is 5.11 Å². The highest BCUT2D eigenvalue weighted by Gasteiger charge is 2.05. The molecule has 0 radical (unpaired) electrons. The zero-order valence-corrected chi connectivity index (χ0v) is 8.17. The van der Waals surface area contributed by atoms with E-state index in [0.29, 0.717) is 5.75 Å². The van der Waals surface area contributed by atoms with Gasteiger partial charge in [-0.05, 0) is 18.2 Å². The van der Waals surface area contributed by atoms with Crippen molar-refractivity contribution in [2.75, 3.05) is 5.75 Å². The number of hydrogen-bond acceptors (Lipinski definition) is 2. The Morgan fingerprint density at radius 1 is 1.57 bits per heavy atom. The van der Waals surface area contributed by atoms with Gasteiger partial charge in [0.25, 0.3) is 0 Å². The summed E-state index contributed by atoms with van der Waals surface area (Å²) in [5.41, 5.74) is 0.337. The van der Waals surface area contributed by atoms with Crippen molar-refractivity contribution in [1.29, 1.82) is 0 Å². The number of carboxylic acids is 1. The third-order valence-electron chi connectivity index (χ3n) is 1.65. The Morgan fingerprint density at radius 3 is 2.86 bits per heavy atom. The molecule has 0 spiro atoms. The molecule has 4 heteroatoms. The lowest BCUT2D eigenvalue weighted by molar-refractivity contribution is 0.0697. The number of carbonyl (C=O) groups is 1. The van der Waals surface area contributed by atoms with Crippen LogP contribution < -0.4 is 0 Å². The molecule has 0 heterocycles. The van der Waals surface area contributed by atoms with E-state index in [0.717, 1.165) is 6.07 Å². The van der Waals surface area contributed by atoms with Crippen LogP contribution in [0.2, 0.25) is 0 Å². The molecule has 0 unspecified atom stereocenters. The number of aromatic carboxylic acids is 1. The van der Waals surface area contributed by atoms with Gasteiger partial charge in [-0.25, -0.2) is 9.18 Å². The monoisotopic (exact) mass is 212 g/mol. The first-order valence-corrected chi connectivity index (χ1v) is 4.58. The maximum absolute atomic E-state index is 13.1. The zero-order chi connectivity index (χ0) is 10.6. The topological polar surface area (TPSA) is 37.3 Å². The number of benzene rings is 1. The van der Waals surface area contributed by atoms with E-state index in [1.54, 1.807) is 6.08 Å². The molecule has 0 atom stereocenters. The van der Waals surface area contributed by atoms with E-state index in [1.807, 2.05) is 0 Å². The average Bonchev–Trinajstić information content (AvgIpc) is 2.16. The van der Waals surface area contributed by atoms with E-state index in [-0.39, 0.29) is 11.1 Å². The Morgan fingerprint density at radius 2 is 2.29 bits per heavy atom. The summed E-state index contributed by atoms with van der Waals surface area (Å²) in [6.07, 6.45) is 3.15. The summed E-state index contributed by atoms with van der Waals surface area (Å²) in [6.45, 7) is 0. The first kappa shape index (κ1) is 10.8. The van der Waals surface area contributed by atoms with Crippen molar-refractivity contribution in [3.05, 3.63) is 41.2 Å². The highest BCUT2D eigenvalue weighted by molar-refractivity contribution is 7.80. The summed E-state index contributed by atoms with van der Waals surface area (Å²) < 4.78 is 13.1. The number of rotatable bonds is 3. The predicted octanol–water partition coefficient (Wildman–Crippen LogP) is 2.47. The van der Waals surface area contributed by atoms with E-state index < -0.39 is 11.8 Å². The van der Waals surface area contributed by atoms with E-state index in [2.05, 4.69) is 12.6 Å². The number of thiol groups is 1. The van der Waals surface area contributed by atoms with Gasteiger partial charge in [0.15, 0.2) is 0 Å². The van der Waals surface area contributed by atoms with Gasteiger partial charge in [-0.1, -0.05) is 12.2 Å². The number of hydrogen-bond donors (Lipinski definition) is 2. The Kier molecular flexibility index (Phi) is 3.71. The lowest BCUT2D eigenvalue weighted by atomic mass is 10.1. The van der Waals surface area contributed by atoms with Crippen LogP contribution in [0, 0.1) is 5.82 Å². The van der Waals surface area contributed by atoms with Crippen LogP contribution in [0.1, 0.15) is 15.9 Å². The summed E-state index contributed by atoms with van der Waals surface area (Å²) in [4.78, 5) is 10.6. The Bertz CT molecular complexity index is 374. The smallest absolute Gasteiger partial charge is 0.335 e. The Hall–Kier alpha value is -1.29. The van der Waals surface area contributed by atoms with Gasteiger partial charge in [0.2, 0.25) is 0 Å². The molecule has 0 aliphatic heterocycles. The van der Waals surface area contributed by atoms with Gasteiger partial charge in [-0.2, -0.15) is 12.6 Å². The molecule has 0 aliphatic rings. The molecule has 1 rings (SSSR count). The number of carboxylic acid groups (broad SMARTS) is 1. The van der Waals surface area contributed by atoms with Crippen LogP contribution in [-0.4, -0.2) is 16.8 Å². The van der Waals surface area contributed by atoms with Gasteiger partial charge in [-0.15, -0.1) is 0 Å². The molecular formula is C10H9FO2S. The normalized spacial score (nSPS) is 10.7. The molecule has 1 N–H and O–H groups in total. The van der Waals surface area contributed by atoms with Crippen molar-refractivity contribution in [1.82, 2.24) is 0 Å². The van der Waals surface area contributed by atoms with Crippen LogP contribution in [0.5, 0.6) is 0 Å². The van der Waals surface area contributed by atoms with Crippen LogP contribution in [-0.2, 0) is 0 Å². The van der Waals surface area contributed by atoms with Crippen molar-refractivity contribution >= 4 is 24.7 Å². The molecule has 0 amide bonds. The van der Waals surface area contributed by atoms with Crippen LogP contribution in [0.15, 0.2) is 24.3 Å². The summed E-state index contributed by atoms with van der Waals surface area (Å²) in [5.74, 6) is -1.02. The van der Waals surface area contributed by atoms with E-state index >= 15 is 0 Å². The molecule has 0 saturated heterocycles. The van der Waals surface area contributed by atoms with Crippen molar-refractivity contribution in [2.45, 2.75) is 0 Å². The quantitative estimate of drug-likeness (QED) is 0.755. The second kappa shape index (κ2) is 4.81. The van der Waals surface area contributed by atoms with Gasteiger partial charge in [0, 0.05) is 11.3 Å². The molecule has 0 aromatic heterocycles. The van der Waals surface area contributed by atoms with Crippen LogP contribution in [0.25, 0.3) is 6.08 Å². The summed E-state index contributed by atoms with van der Waals surface area (Å²) in [5, 5.41) is 8.66. The zero-order valence-electron chi connectivity index (χ0n) is 7.27. The molecule has 0 saturated carbocycles. The molecule has 0 bridgehead atoms. The average molecular weight is 212 g/mol. The fourth-order valence-electron chi connectivity index (χ4n) is 0.984. The van der Waals surface area contributed by atoms with Crippen LogP contribution in [0.4, 0.5) is 4.39 Å². The van der Waals surface area contributed by atoms with E-state index in [1.165, 1.54) is 18.2 Å². The minimum absolute atomic E-state index is 0.0743. The lowest BCUT2D eigenvalue weighted by Gasteiger charge is -1.98. The molecule has 14 heavy (non-hydrogen) atoms. The van der Waals surface area contributed by atoms with Crippen molar-refractivity contribution in [3.63, 3.8) is 0 Å². The van der Waals surface area contributed by atoms with Crippen LogP contribution in [0.3, 0.4) is 0 Å². The lowest BCUT2D eigenvalue weighted by Crippen LogP contribution is -1.97. The minimum Gasteiger partial charge on any atom is -0.478 e. The molecule has 74 valence electrons. The molecule has 2 nitrogen and oxygen atoms in total. The first-order valence-electron chi connectivity index (χ1n) is 3.95.